The first-order valence-corrected chi connectivity index (χ1v) is 16.4. The van der Waals surface area contributed by atoms with Gasteiger partial charge in [0.2, 0.25) is 0 Å². The maximum Gasteiger partial charge on any atom is 0.0547 e. The number of fused-ring (bicyclic) bond motifs is 4. The van der Waals surface area contributed by atoms with Gasteiger partial charge in [-0.15, -0.1) is 0 Å². The number of benzene rings is 8. The molecule has 0 atom stereocenters. The lowest BCUT2D eigenvalue weighted by Gasteiger charge is -2.26. The van der Waals surface area contributed by atoms with Crippen LogP contribution in [0.1, 0.15) is 0 Å². The van der Waals surface area contributed by atoms with E-state index in [1.54, 1.807) is 0 Å². The van der Waals surface area contributed by atoms with Crippen LogP contribution in [0.2, 0.25) is 0 Å². The molecule has 8 aromatic carbocycles. The summed E-state index contributed by atoms with van der Waals surface area (Å²) in [5.74, 6) is 0. The van der Waals surface area contributed by atoms with Crippen LogP contribution in [0.4, 0.5) is 17.1 Å². The zero-order chi connectivity index (χ0) is 31.9. The fraction of sp³-hybridized carbons (Fsp3) is 0. The second kappa shape index (κ2) is 11.8. The number of hydrogen-bond donors (Lipinski definition) is 0. The van der Waals surface area contributed by atoms with Crippen molar-refractivity contribution in [2.75, 3.05) is 4.90 Å². The summed E-state index contributed by atoms with van der Waals surface area (Å²) in [6.45, 7) is 0. The first-order chi connectivity index (χ1) is 23.8. The molecule has 2 heteroatoms. The maximum absolute atomic E-state index is 2.44. The van der Waals surface area contributed by atoms with Crippen LogP contribution < -0.4 is 4.90 Å². The van der Waals surface area contributed by atoms with Crippen molar-refractivity contribution in [1.82, 2.24) is 4.57 Å². The van der Waals surface area contributed by atoms with Crippen molar-refractivity contribution in [3.63, 3.8) is 0 Å². The van der Waals surface area contributed by atoms with Gasteiger partial charge in [-0.25, -0.2) is 0 Å². The van der Waals surface area contributed by atoms with Gasteiger partial charge in [0, 0.05) is 33.4 Å². The maximum atomic E-state index is 2.44. The van der Waals surface area contributed by atoms with Crippen LogP contribution in [-0.4, -0.2) is 4.57 Å². The smallest absolute Gasteiger partial charge is 0.0547 e. The highest BCUT2D eigenvalue weighted by molar-refractivity contribution is 6.14. The average Bonchev–Trinajstić information content (AvgIpc) is 3.48. The molecule has 0 unspecified atom stereocenters. The molecule has 0 fully saturated rings. The van der Waals surface area contributed by atoms with Crippen molar-refractivity contribution in [3.8, 4) is 27.9 Å². The molecular formula is C46H32N2. The molecular weight excluding hydrogens is 581 g/mol. The molecule has 0 saturated heterocycles. The van der Waals surface area contributed by atoms with Crippen molar-refractivity contribution in [2.45, 2.75) is 0 Å². The van der Waals surface area contributed by atoms with E-state index in [2.05, 4.69) is 204 Å². The van der Waals surface area contributed by atoms with E-state index in [4.69, 9.17) is 0 Å². The van der Waals surface area contributed by atoms with Crippen molar-refractivity contribution < 1.29 is 0 Å². The third-order valence-electron chi connectivity index (χ3n) is 9.37. The number of anilines is 3. The highest BCUT2D eigenvalue weighted by Gasteiger charge is 2.17. The molecule has 1 heterocycles. The van der Waals surface area contributed by atoms with Gasteiger partial charge in [-0.1, -0.05) is 133 Å². The molecule has 1 aromatic heterocycles. The van der Waals surface area contributed by atoms with Gasteiger partial charge in [0.15, 0.2) is 0 Å². The van der Waals surface area contributed by atoms with E-state index in [1.165, 1.54) is 60.5 Å². The molecule has 0 aliphatic carbocycles. The van der Waals surface area contributed by atoms with E-state index in [0.29, 0.717) is 0 Å². The lowest BCUT2D eigenvalue weighted by atomic mass is 10.0. The van der Waals surface area contributed by atoms with Gasteiger partial charge in [0.05, 0.1) is 16.7 Å². The predicted molar refractivity (Wildman–Crippen MR) is 204 cm³/mol. The Morgan fingerprint density at radius 2 is 0.854 bits per heavy atom. The van der Waals surface area contributed by atoms with E-state index in [1.807, 2.05) is 0 Å². The molecule has 9 rings (SSSR count). The number of para-hydroxylation sites is 3. The molecule has 0 bridgehead atoms. The highest BCUT2D eigenvalue weighted by atomic mass is 15.1. The minimum absolute atomic E-state index is 1.11. The fourth-order valence-electron chi connectivity index (χ4n) is 7.08. The normalized spacial score (nSPS) is 11.3. The predicted octanol–water partition coefficient (Wildman–Crippen LogP) is 12.7. The van der Waals surface area contributed by atoms with E-state index in [9.17, 15) is 0 Å². The van der Waals surface area contributed by atoms with E-state index in [-0.39, 0.29) is 0 Å². The minimum Gasteiger partial charge on any atom is -0.311 e. The Balaban J connectivity index is 1.15. The first kappa shape index (κ1) is 27.9. The van der Waals surface area contributed by atoms with Crippen LogP contribution in [0.25, 0.3) is 60.5 Å². The highest BCUT2D eigenvalue weighted by Crippen LogP contribution is 2.40. The largest absolute Gasteiger partial charge is 0.311 e. The van der Waals surface area contributed by atoms with Crippen LogP contribution >= 0.6 is 0 Å². The van der Waals surface area contributed by atoms with Crippen molar-refractivity contribution in [1.29, 1.82) is 0 Å². The number of nitrogens with zero attached hydrogens (tertiary/aromatic N) is 2. The lowest BCUT2D eigenvalue weighted by Crippen LogP contribution is -2.09. The van der Waals surface area contributed by atoms with Gasteiger partial charge < -0.3 is 9.47 Å². The first-order valence-electron chi connectivity index (χ1n) is 16.4. The summed E-state index contributed by atoms with van der Waals surface area (Å²) >= 11 is 0. The molecule has 0 amide bonds. The van der Waals surface area contributed by atoms with Crippen LogP contribution in [-0.2, 0) is 0 Å². The Morgan fingerprint density at radius 3 is 1.58 bits per heavy atom. The number of rotatable bonds is 6. The molecule has 226 valence electrons. The molecule has 0 aliphatic rings. The second-order valence-corrected chi connectivity index (χ2v) is 12.2. The zero-order valence-electron chi connectivity index (χ0n) is 26.4. The third-order valence-corrected chi connectivity index (χ3v) is 9.37. The molecule has 9 aromatic rings. The van der Waals surface area contributed by atoms with Crippen LogP contribution in [0.5, 0.6) is 0 Å². The van der Waals surface area contributed by atoms with Gasteiger partial charge in [0.1, 0.15) is 0 Å². The Kier molecular flexibility index (Phi) is 6.84. The Morgan fingerprint density at radius 1 is 0.333 bits per heavy atom. The number of hydrogen-bond acceptors (Lipinski definition) is 1. The van der Waals surface area contributed by atoms with Gasteiger partial charge in [-0.05, 0) is 88.1 Å². The Bertz CT molecular complexity index is 2530. The molecule has 0 N–H and O–H groups in total. The van der Waals surface area contributed by atoms with Crippen LogP contribution in [0.3, 0.4) is 0 Å². The van der Waals surface area contributed by atoms with E-state index >= 15 is 0 Å². The Labute approximate surface area is 280 Å². The summed E-state index contributed by atoms with van der Waals surface area (Å²) in [7, 11) is 0. The van der Waals surface area contributed by atoms with E-state index in [0.717, 1.165) is 17.1 Å². The molecule has 0 aliphatic heterocycles. The monoisotopic (exact) mass is 612 g/mol. The topological polar surface area (TPSA) is 8.17 Å². The summed E-state index contributed by atoms with van der Waals surface area (Å²) in [5.41, 5.74) is 11.7. The standard InChI is InChI=1S/C46H32N2/c1-3-13-33(14-4-1)34-23-27-39(28-24-34)47(38-17-5-2-6-18-38)40-29-25-35(26-30-40)41-19-9-11-21-44(41)48-45-22-12-10-20-42(45)43-31-36-15-7-8-16-37(36)32-46(43)48/h1-32H. The lowest BCUT2D eigenvalue weighted by molar-refractivity contribution is 1.18. The fourth-order valence-corrected chi connectivity index (χ4v) is 7.08. The summed E-state index contributed by atoms with van der Waals surface area (Å²) in [6, 6.07) is 69.8. The van der Waals surface area contributed by atoms with Crippen molar-refractivity contribution >= 4 is 49.6 Å². The van der Waals surface area contributed by atoms with E-state index < -0.39 is 0 Å². The summed E-state index contributed by atoms with van der Waals surface area (Å²) in [5, 5.41) is 5.04. The van der Waals surface area contributed by atoms with Crippen LogP contribution in [0.15, 0.2) is 194 Å². The molecule has 0 radical (unpaired) electrons. The third kappa shape index (κ3) is 4.83. The molecule has 0 saturated carbocycles. The quantitative estimate of drug-likeness (QED) is 0.181. The average molecular weight is 613 g/mol. The SMILES string of the molecule is c1ccc(-c2ccc(N(c3ccccc3)c3ccc(-c4ccccc4-n4c5ccccc5c5cc6ccccc6cc54)cc3)cc2)cc1. The molecule has 48 heavy (non-hydrogen) atoms. The van der Waals surface area contributed by atoms with Gasteiger partial charge >= 0.3 is 0 Å². The van der Waals surface area contributed by atoms with Crippen LogP contribution in [0, 0.1) is 0 Å². The summed E-state index contributed by atoms with van der Waals surface area (Å²) in [6.07, 6.45) is 0. The van der Waals surface area contributed by atoms with Crippen molar-refractivity contribution in [2.24, 2.45) is 0 Å². The van der Waals surface area contributed by atoms with Gasteiger partial charge in [-0.3, -0.25) is 0 Å². The van der Waals surface area contributed by atoms with Gasteiger partial charge in [-0.2, -0.15) is 0 Å². The summed E-state index contributed by atoms with van der Waals surface area (Å²) < 4.78 is 2.44. The summed E-state index contributed by atoms with van der Waals surface area (Å²) in [4.78, 5) is 2.32. The zero-order valence-corrected chi connectivity index (χ0v) is 26.4. The van der Waals surface area contributed by atoms with Crippen molar-refractivity contribution in [3.05, 3.63) is 194 Å². The second-order valence-electron chi connectivity index (χ2n) is 12.2. The molecule has 2 nitrogen and oxygen atoms in total. The number of aromatic nitrogens is 1. The molecule has 0 spiro atoms. The minimum atomic E-state index is 1.11. The van der Waals surface area contributed by atoms with Gasteiger partial charge in [0.25, 0.3) is 0 Å². The Hall–Kier alpha value is -6.38.